The van der Waals surface area contributed by atoms with Gasteiger partial charge in [-0.3, -0.25) is 4.79 Å². The van der Waals surface area contributed by atoms with Gasteiger partial charge in [-0.05, 0) is 34.0 Å². The molecule has 0 fully saturated rings. The number of rotatable bonds is 6. The van der Waals surface area contributed by atoms with Crippen LogP contribution in [0.15, 0.2) is 10.5 Å². The molecule has 0 saturated heterocycles. The van der Waals surface area contributed by atoms with E-state index in [-0.39, 0.29) is 5.97 Å². The van der Waals surface area contributed by atoms with E-state index in [4.69, 9.17) is 14.2 Å². The van der Waals surface area contributed by atoms with Gasteiger partial charge in [0.15, 0.2) is 11.5 Å². The Hall–Kier alpha value is -1.74. The topological polar surface area (TPSA) is 68.6 Å². The van der Waals surface area contributed by atoms with Crippen LogP contribution in [0.1, 0.15) is 36.8 Å². The van der Waals surface area contributed by atoms with Crippen molar-refractivity contribution in [3.63, 3.8) is 0 Å². The van der Waals surface area contributed by atoms with Gasteiger partial charge in [0.2, 0.25) is 0 Å². The van der Waals surface area contributed by atoms with E-state index in [0.717, 1.165) is 6.42 Å². The van der Waals surface area contributed by atoms with Crippen LogP contribution < -0.4 is 9.47 Å². The van der Waals surface area contributed by atoms with Gasteiger partial charge in [0, 0.05) is 0 Å². The molecule has 1 aromatic carbocycles. The van der Waals surface area contributed by atoms with Crippen molar-refractivity contribution in [3.8, 4) is 17.6 Å². The van der Waals surface area contributed by atoms with Gasteiger partial charge in [-0.1, -0.05) is 13.3 Å². The molecule has 0 aromatic heterocycles. The molecule has 0 N–H and O–H groups in total. The van der Waals surface area contributed by atoms with Crippen molar-refractivity contribution in [2.24, 2.45) is 0 Å². The van der Waals surface area contributed by atoms with Crippen LogP contribution in [0.4, 0.5) is 0 Å². The summed E-state index contributed by atoms with van der Waals surface area (Å²) in [5.41, 5.74) is 0.872. The quantitative estimate of drug-likeness (QED) is 0.731. The fourth-order valence-corrected chi connectivity index (χ4v) is 2.82. The maximum absolute atomic E-state index is 12.0. The summed E-state index contributed by atoms with van der Waals surface area (Å²) in [5.74, 6) is -0.134. The number of nitrogens with zero attached hydrogens (tertiary/aromatic N) is 1. The summed E-state index contributed by atoms with van der Waals surface area (Å²) in [6.45, 7) is 1.97. The van der Waals surface area contributed by atoms with E-state index in [1.807, 2.05) is 6.92 Å². The van der Waals surface area contributed by atoms with E-state index in [9.17, 15) is 10.1 Å². The lowest BCUT2D eigenvalue weighted by Gasteiger charge is -2.19. The van der Waals surface area contributed by atoms with Gasteiger partial charge in [0.05, 0.1) is 31.7 Å². The molecular formula is C15H18BrNO4. The molecule has 1 unspecified atom stereocenters. The third-order valence-electron chi connectivity index (χ3n) is 3.18. The number of hydrogen-bond donors (Lipinski definition) is 0. The number of esters is 1. The van der Waals surface area contributed by atoms with Crippen LogP contribution >= 0.6 is 15.9 Å². The highest BCUT2D eigenvalue weighted by atomic mass is 79.9. The molecule has 0 heterocycles. The van der Waals surface area contributed by atoms with Gasteiger partial charge in [-0.15, -0.1) is 0 Å². The largest absolute Gasteiger partial charge is 0.492 e. The second-order valence-corrected chi connectivity index (χ2v) is 5.22. The molecule has 21 heavy (non-hydrogen) atoms. The highest BCUT2D eigenvalue weighted by molar-refractivity contribution is 9.10. The van der Waals surface area contributed by atoms with Crippen LogP contribution in [0.3, 0.4) is 0 Å². The zero-order valence-electron chi connectivity index (χ0n) is 12.5. The molecule has 114 valence electrons. The molecule has 0 aliphatic carbocycles. The summed E-state index contributed by atoms with van der Waals surface area (Å²) in [7, 11) is 4.29. The molecule has 0 spiro atoms. The Morgan fingerprint density at radius 1 is 1.33 bits per heavy atom. The maximum Gasteiger partial charge on any atom is 0.313 e. The number of carbonyl (C=O) groups excluding carboxylic acids is 1. The number of ether oxygens (including phenoxy) is 3. The van der Waals surface area contributed by atoms with Gasteiger partial charge in [0.25, 0.3) is 0 Å². The number of methoxy groups -OCH3 is 3. The Bertz CT molecular complexity index is 566. The first-order chi connectivity index (χ1) is 10.0. The second-order valence-electron chi connectivity index (χ2n) is 4.37. The minimum Gasteiger partial charge on any atom is -0.492 e. The Morgan fingerprint density at radius 2 is 1.95 bits per heavy atom. The monoisotopic (exact) mass is 355 g/mol. The molecule has 0 saturated carbocycles. The van der Waals surface area contributed by atoms with Crippen molar-refractivity contribution in [1.29, 1.82) is 5.26 Å². The molecular weight excluding hydrogens is 338 g/mol. The summed E-state index contributed by atoms with van der Waals surface area (Å²) in [5, 5.41) is 9.46. The van der Waals surface area contributed by atoms with Gasteiger partial charge in [-0.2, -0.15) is 5.26 Å². The van der Waals surface area contributed by atoms with E-state index in [1.54, 1.807) is 6.07 Å². The van der Waals surface area contributed by atoms with E-state index in [2.05, 4.69) is 22.0 Å². The van der Waals surface area contributed by atoms with Crippen molar-refractivity contribution < 1.29 is 19.0 Å². The van der Waals surface area contributed by atoms with Crippen molar-refractivity contribution in [3.05, 3.63) is 21.7 Å². The highest BCUT2D eigenvalue weighted by Crippen LogP contribution is 2.43. The van der Waals surface area contributed by atoms with Crippen LogP contribution in [0, 0.1) is 11.3 Å². The average Bonchev–Trinajstić information content (AvgIpc) is 2.50. The second kappa shape index (κ2) is 7.89. The van der Waals surface area contributed by atoms with E-state index < -0.39 is 5.92 Å². The molecule has 1 atom stereocenters. The van der Waals surface area contributed by atoms with Gasteiger partial charge in [0.1, 0.15) is 11.6 Å². The van der Waals surface area contributed by atoms with Crippen molar-refractivity contribution >= 4 is 21.9 Å². The number of nitriles is 1. The smallest absolute Gasteiger partial charge is 0.313 e. The molecule has 0 radical (unpaired) electrons. The molecule has 0 aliphatic rings. The van der Waals surface area contributed by atoms with E-state index in [1.165, 1.54) is 21.3 Å². The Kier molecular flexibility index (Phi) is 6.50. The van der Waals surface area contributed by atoms with Crippen molar-refractivity contribution in [2.75, 3.05) is 21.3 Å². The van der Waals surface area contributed by atoms with Crippen LogP contribution in [-0.4, -0.2) is 27.3 Å². The van der Waals surface area contributed by atoms with Crippen LogP contribution in [0.5, 0.6) is 11.5 Å². The summed E-state index contributed by atoms with van der Waals surface area (Å²) < 4.78 is 16.0. The standard InChI is InChI=1S/C15H18BrNO4/c1-5-6-9(15(18)21-4)10-7-12(16)14(20-3)13(19-2)11(10)8-17/h7,9H,5-6H2,1-4H3. The first-order valence-electron chi connectivity index (χ1n) is 6.47. The SMILES string of the molecule is CCCC(C(=O)OC)c1cc(Br)c(OC)c(OC)c1C#N. The van der Waals surface area contributed by atoms with Crippen LogP contribution in [-0.2, 0) is 9.53 Å². The number of halogens is 1. The fourth-order valence-electron chi connectivity index (χ4n) is 2.23. The van der Waals surface area contributed by atoms with Crippen molar-refractivity contribution in [1.82, 2.24) is 0 Å². The molecule has 1 aromatic rings. The fraction of sp³-hybridized carbons (Fsp3) is 0.467. The highest BCUT2D eigenvalue weighted by Gasteiger charge is 2.28. The minimum atomic E-state index is -0.509. The lowest BCUT2D eigenvalue weighted by molar-refractivity contribution is -0.142. The summed E-state index contributed by atoms with van der Waals surface area (Å²) in [4.78, 5) is 12.0. The molecule has 1 rings (SSSR count). The molecule has 5 nitrogen and oxygen atoms in total. The average molecular weight is 356 g/mol. The number of hydrogen-bond acceptors (Lipinski definition) is 5. The Morgan fingerprint density at radius 3 is 2.38 bits per heavy atom. The maximum atomic E-state index is 12.0. The predicted molar refractivity (Wildman–Crippen MR) is 81.6 cm³/mol. The molecule has 6 heteroatoms. The zero-order chi connectivity index (χ0) is 16.0. The number of benzene rings is 1. The molecule has 0 aliphatic heterocycles. The first-order valence-corrected chi connectivity index (χ1v) is 7.27. The first kappa shape index (κ1) is 17.3. The molecule has 0 bridgehead atoms. The van der Waals surface area contributed by atoms with E-state index in [0.29, 0.717) is 33.5 Å². The summed E-state index contributed by atoms with van der Waals surface area (Å²) in [6.07, 6.45) is 1.37. The molecule has 0 amide bonds. The van der Waals surface area contributed by atoms with Gasteiger partial charge < -0.3 is 14.2 Å². The summed E-state index contributed by atoms with van der Waals surface area (Å²) >= 11 is 3.39. The lowest BCUT2D eigenvalue weighted by Crippen LogP contribution is -2.16. The predicted octanol–water partition coefficient (Wildman–Crippen LogP) is 3.39. The van der Waals surface area contributed by atoms with Gasteiger partial charge in [-0.25, -0.2) is 0 Å². The Balaban J connectivity index is 3.57. The lowest BCUT2D eigenvalue weighted by atomic mass is 9.90. The normalized spacial score (nSPS) is 11.4. The minimum absolute atomic E-state index is 0.293. The van der Waals surface area contributed by atoms with Crippen LogP contribution in [0.2, 0.25) is 0 Å². The zero-order valence-corrected chi connectivity index (χ0v) is 14.1. The third-order valence-corrected chi connectivity index (χ3v) is 3.77. The number of carbonyl (C=O) groups is 1. The van der Waals surface area contributed by atoms with Gasteiger partial charge >= 0.3 is 5.97 Å². The van der Waals surface area contributed by atoms with Crippen molar-refractivity contribution in [2.45, 2.75) is 25.7 Å². The summed E-state index contributed by atoms with van der Waals surface area (Å²) in [6, 6.07) is 3.82. The van der Waals surface area contributed by atoms with E-state index >= 15 is 0 Å². The van der Waals surface area contributed by atoms with Crippen LogP contribution in [0.25, 0.3) is 0 Å². The third kappa shape index (κ3) is 3.48. The Labute approximate surface area is 132 Å².